The summed E-state index contributed by atoms with van der Waals surface area (Å²) in [5.74, 6) is 0. The molecule has 0 radical (unpaired) electrons. The minimum atomic E-state index is -1.27. The van der Waals surface area contributed by atoms with Crippen LogP contribution in [-0.4, -0.2) is 16.0 Å². The normalized spacial score (nSPS) is 15.0. The summed E-state index contributed by atoms with van der Waals surface area (Å²) in [6.45, 7) is 0. The Morgan fingerprint density at radius 1 is 2.00 bits per heavy atom. The van der Waals surface area contributed by atoms with Gasteiger partial charge in [-0.3, -0.25) is 5.21 Å². The first-order chi connectivity index (χ1) is 2.27. The Morgan fingerprint density at radius 2 is 2.20 bits per heavy atom. The summed E-state index contributed by atoms with van der Waals surface area (Å²) in [5, 5.41) is 7.59. The number of nitrogens with one attached hydrogen (secondary N) is 1. The van der Waals surface area contributed by atoms with Gasteiger partial charge in [-0.15, -0.1) is 0 Å². The molecule has 0 spiro atoms. The smallest absolute Gasteiger partial charge is 0.117 e. The highest BCUT2D eigenvalue weighted by Gasteiger charge is 1.81. The van der Waals surface area contributed by atoms with E-state index in [2.05, 4.69) is 0 Å². The van der Waals surface area contributed by atoms with E-state index in [0.717, 1.165) is 0 Å². The van der Waals surface area contributed by atoms with Gasteiger partial charge in [0.1, 0.15) is 6.26 Å². The van der Waals surface area contributed by atoms with Gasteiger partial charge >= 0.3 is 0 Å². The molecule has 0 aromatic heterocycles. The fourth-order valence-corrected chi connectivity index (χ4v) is 0. The van der Waals surface area contributed by atoms with Gasteiger partial charge in [0, 0.05) is 0 Å². The van der Waals surface area contributed by atoms with Gasteiger partial charge in [0.25, 0.3) is 0 Å². The molecule has 4 heteroatoms. The van der Waals surface area contributed by atoms with Crippen LogP contribution in [0.5, 0.6) is 0 Å². The molecule has 0 saturated heterocycles. The van der Waals surface area contributed by atoms with Crippen LogP contribution in [-0.2, 0) is 11.4 Å². The Morgan fingerprint density at radius 3 is 2.20 bits per heavy atom. The van der Waals surface area contributed by atoms with Crippen molar-refractivity contribution in [3.05, 3.63) is 0 Å². The Bertz CT molecular complexity index is 23.6. The van der Waals surface area contributed by atoms with E-state index in [9.17, 15) is 4.55 Å². The van der Waals surface area contributed by atoms with Gasteiger partial charge in [-0.05, 0) is 4.89 Å². The van der Waals surface area contributed by atoms with Crippen molar-refractivity contribution in [2.75, 3.05) is 6.26 Å². The van der Waals surface area contributed by atoms with Crippen LogP contribution < -0.4 is 4.89 Å². The van der Waals surface area contributed by atoms with Crippen molar-refractivity contribution in [3.63, 3.8) is 0 Å². The summed E-state index contributed by atoms with van der Waals surface area (Å²) >= 11 is -1.27. The lowest BCUT2D eigenvalue weighted by atomic mass is 12.0. The predicted octanol–water partition coefficient (Wildman–Crippen LogP) is -0.741. The van der Waals surface area contributed by atoms with Crippen molar-refractivity contribution in [1.29, 1.82) is 0 Å². The van der Waals surface area contributed by atoms with Gasteiger partial charge in [0.15, 0.2) is 0 Å². The Kier molecular flexibility index (Phi) is 2.58. The van der Waals surface area contributed by atoms with E-state index in [4.69, 9.17) is 5.21 Å². The number of rotatable bonds is 1. The molecular formula is CH5NO2S. The third-order valence-corrected chi connectivity index (χ3v) is 0.386. The molecule has 0 saturated carbocycles. The van der Waals surface area contributed by atoms with Gasteiger partial charge in [0.05, 0.1) is 11.4 Å². The van der Waals surface area contributed by atoms with Crippen molar-refractivity contribution in [3.8, 4) is 0 Å². The zero-order valence-electron chi connectivity index (χ0n) is 2.76. The minimum Gasteiger partial charge on any atom is -0.597 e. The predicted molar refractivity (Wildman–Crippen MR) is 19.0 cm³/mol. The van der Waals surface area contributed by atoms with Crippen LogP contribution in [0.25, 0.3) is 0 Å². The zero-order valence-corrected chi connectivity index (χ0v) is 3.58. The molecule has 0 rings (SSSR count). The molecule has 0 fully saturated rings. The molecule has 5 heavy (non-hydrogen) atoms. The highest BCUT2D eigenvalue weighted by Crippen LogP contribution is 1.62. The summed E-state index contributed by atoms with van der Waals surface area (Å²) in [5.41, 5.74) is 0. The molecule has 0 aliphatic heterocycles. The van der Waals surface area contributed by atoms with Gasteiger partial charge in [-0.25, -0.2) is 0 Å². The molecule has 0 aromatic carbocycles. The maximum absolute atomic E-state index is 9.56. The molecule has 2 N–H and O–H groups in total. The van der Waals surface area contributed by atoms with Crippen LogP contribution in [0.15, 0.2) is 0 Å². The van der Waals surface area contributed by atoms with E-state index < -0.39 is 11.4 Å². The Labute approximate surface area is 33.3 Å². The maximum atomic E-state index is 9.56. The highest BCUT2D eigenvalue weighted by molar-refractivity contribution is 7.88. The zero-order chi connectivity index (χ0) is 4.28. The molecule has 0 amide bonds. The first-order valence-electron chi connectivity index (χ1n) is 1.00. The van der Waals surface area contributed by atoms with Gasteiger partial charge in [-0.1, -0.05) is 0 Å². The van der Waals surface area contributed by atoms with Crippen LogP contribution in [0, 0.1) is 0 Å². The Balaban J connectivity index is 2.54. The lowest BCUT2D eigenvalue weighted by Crippen LogP contribution is -2.16. The molecule has 0 aliphatic rings. The van der Waals surface area contributed by atoms with E-state index >= 15 is 0 Å². The largest absolute Gasteiger partial charge is 0.597 e. The van der Waals surface area contributed by atoms with Gasteiger partial charge < -0.3 is 4.55 Å². The van der Waals surface area contributed by atoms with Gasteiger partial charge in [-0.2, -0.15) is 0 Å². The van der Waals surface area contributed by atoms with E-state index in [0.29, 0.717) is 0 Å². The first kappa shape index (κ1) is 5.23. The quantitative estimate of drug-likeness (QED) is 0.333. The van der Waals surface area contributed by atoms with Crippen LogP contribution in [0.3, 0.4) is 0 Å². The average Bonchev–Trinajstić information content (AvgIpc) is 1.38. The highest BCUT2D eigenvalue weighted by atomic mass is 32.2. The van der Waals surface area contributed by atoms with Crippen LogP contribution >= 0.6 is 0 Å². The molecule has 0 aromatic rings. The Hall–Kier alpha value is 0.230. The van der Waals surface area contributed by atoms with Gasteiger partial charge in [0.2, 0.25) is 0 Å². The van der Waals surface area contributed by atoms with Crippen molar-refractivity contribution in [2.24, 2.45) is 0 Å². The second kappa shape index (κ2) is 2.47. The van der Waals surface area contributed by atoms with E-state index in [1.807, 2.05) is 0 Å². The summed E-state index contributed by atoms with van der Waals surface area (Å²) in [6.07, 6.45) is 1.33. The fourth-order valence-electron chi connectivity index (χ4n) is 0. The van der Waals surface area contributed by atoms with Crippen molar-refractivity contribution in [1.82, 2.24) is 4.89 Å². The molecule has 1 atom stereocenters. The molecule has 0 heterocycles. The molecule has 0 bridgehead atoms. The SMILES string of the molecule is C[S+]([O-])NO. The van der Waals surface area contributed by atoms with Crippen LogP contribution in [0.2, 0.25) is 0 Å². The third-order valence-electron chi connectivity index (χ3n) is 0.129. The van der Waals surface area contributed by atoms with E-state index in [1.54, 1.807) is 0 Å². The fraction of sp³-hybridized carbons (Fsp3) is 1.00. The number of hydrogen-bond donors (Lipinski definition) is 2. The van der Waals surface area contributed by atoms with E-state index in [1.165, 1.54) is 11.1 Å². The lowest BCUT2D eigenvalue weighted by molar-refractivity contribution is 0.244. The third kappa shape index (κ3) is 4.23. The van der Waals surface area contributed by atoms with Crippen molar-refractivity contribution in [2.45, 2.75) is 0 Å². The second-order valence-electron chi connectivity index (χ2n) is 0.545. The molecule has 1 unspecified atom stereocenters. The number of hydrogen-bond acceptors (Lipinski definition) is 3. The summed E-state index contributed by atoms with van der Waals surface area (Å²) in [6, 6.07) is 0. The first-order valence-corrected chi connectivity index (χ1v) is 2.56. The topological polar surface area (TPSA) is 55.3 Å². The molecule has 32 valence electrons. The average molecular weight is 95.1 g/mol. The van der Waals surface area contributed by atoms with Crippen LogP contribution in [0.4, 0.5) is 0 Å². The van der Waals surface area contributed by atoms with Crippen molar-refractivity contribution < 1.29 is 9.76 Å². The molecule has 3 nitrogen and oxygen atoms in total. The molecule has 0 aliphatic carbocycles. The minimum absolute atomic E-state index is 1.27. The second-order valence-corrected chi connectivity index (χ2v) is 1.64. The lowest BCUT2D eigenvalue weighted by Gasteiger charge is -1.93. The summed E-state index contributed by atoms with van der Waals surface area (Å²) < 4.78 is 9.56. The molecular weight excluding hydrogens is 90.1 g/mol. The standard InChI is InChI=1S/CH5NO2S/c1-5(4)2-3/h2-3H,1H3. The monoisotopic (exact) mass is 95.0 g/mol. The van der Waals surface area contributed by atoms with Crippen molar-refractivity contribution >= 4 is 11.4 Å². The summed E-state index contributed by atoms with van der Waals surface area (Å²) in [7, 11) is 0. The van der Waals surface area contributed by atoms with Crippen LogP contribution in [0.1, 0.15) is 0 Å². The summed E-state index contributed by atoms with van der Waals surface area (Å²) in [4.78, 5) is 1.50. The van der Waals surface area contributed by atoms with E-state index in [-0.39, 0.29) is 0 Å². The maximum Gasteiger partial charge on any atom is 0.117 e.